The fourth-order valence-corrected chi connectivity index (χ4v) is 1.27. The number of nitrogen functional groups attached to an aromatic ring is 1. The molecule has 2 aromatic rings. The number of rotatable bonds is 1. The SMILES string of the molecule is Cc1cc(N)ccc1-c1n[nH]c(=O)o1. The van der Waals surface area contributed by atoms with Gasteiger partial charge >= 0.3 is 5.76 Å². The molecule has 0 saturated carbocycles. The predicted octanol–water partition coefficient (Wildman–Crippen LogP) is 0.921. The number of aryl methyl sites for hydroxylation is 1. The van der Waals surface area contributed by atoms with Gasteiger partial charge in [-0.3, -0.25) is 0 Å². The molecule has 5 nitrogen and oxygen atoms in total. The Kier molecular flexibility index (Phi) is 1.85. The molecule has 0 unspecified atom stereocenters. The molecule has 2 rings (SSSR count). The minimum atomic E-state index is -0.559. The lowest BCUT2D eigenvalue weighted by Crippen LogP contribution is -1.93. The Bertz CT molecular complexity index is 513. The Hall–Kier alpha value is -2.04. The maximum Gasteiger partial charge on any atom is 0.434 e. The first-order valence-electron chi connectivity index (χ1n) is 4.09. The molecule has 0 spiro atoms. The highest BCUT2D eigenvalue weighted by Gasteiger charge is 2.07. The zero-order chi connectivity index (χ0) is 10.1. The van der Waals surface area contributed by atoms with E-state index in [1.807, 2.05) is 6.92 Å². The van der Waals surface area contributed by atoms with E-state index in [1.54, 1.807) is 18.2 Å². The van der Waals surface area contributed by atoms with Gasteiger partial charge in [-0.05, 0) is 30.7 Å². The average Bonchev–Trinajstić information content (AvgIpc) is 2.51. The van der Waals surface area contributed by atoms with Crippen LogP contribution in [0.5, 0.6) is 0 Å². The molecule has 0 bridgehead atoms. The number of H-pyrrole nitrogens is 1. The van der Waals surface area contributed by atoms with Crippen LogP contribution in [-0.4, -0.2) is 10.2 Å². The van der Waals surface area contributed by atoms with Crippen LogP contribution in [0, 0.1) is 6.92 Å². The third-order valence-corrected chi connectivity index (χ3v) is 1.92. The van der Waals surface area contributed by atoms with E-state index in [4.69, 9.17) is 10.2 Å². The molecule has 0 atom stereocenters. The summed E-state index contributed by atoms with van der Waals surface area (Å²) < 4.78 is 4.83. The van der Waals surface area contributed by atoms with Crippen molar-refractivity contribution >= 4 is 5.69 Å². The first kappa shape index (κ1) is 8.55. The van der Waals surface area contributed by atoms with Crippen LogP contribution in [0.25, 0.3) is 11.5 Å². The summed E-state index contributed by atoms with van der Waals surface area (Å²) in [5.41, 5.74) is 7.94. The van der Waals surface area contributed by atoms with Gasteiger partial charge in [0.15, 0.2) is 0 Å². The molecule has 1 aromatic carbocycles. The first-order chi connectivity index (χ1) is 6.66. The predicted molar refractivity (Wildman–Crippen MR) is 51.7 cm³/mol. The van der Waals surface area contributed by atoms with Gasteiger partial charge in [0.25, 0.3) is 0 Å². The Morgan fingerprint density at radius 3 is 2.86 bits per heavy atom. The fourth-order valence-electron chi connectivity index (χ4n) is 1.27. The molecule has 1 aromatic heterocycles. The maximum atomic E-state index is 10.7. The number of nitrogens with one attached hydrogen (secondary N) is 1. The third kappa shape index (κ3) is 1.39. The Balaban J connectivity index is 2.57. The Morgan fingerprint density at radius 1 is 1.50 bits per heavy atom. The fraction of sp³-hybridized carbons (Fsp3) is 0.111. The van der Waals surface area contributed by atoms with E-state index in [1.165, 1.54) is 0 Å². The van der Waals surface area contributed by atoms with E-state index in [9.17, 15) is 4.79 Å². The minimum Gasteiger partial charge on any atom is -0.399 e. The van der Waals surface area contributed by atoms with Crippen LogP contribution in [0.2, 0.25) is 0 Å². The Labute approximate surface area is 79.6 Å². The van der Waals surface area contributed by atoms with Gasteiger partial charge < -0.3 is 10.2 Å². The largest absolute Gasteiger partial charge is 0.434 e. The quantitative estimate of drug-likeness (QED) is 0.656. The van der Waals surface area contributed by atoms with Crippen molar-refractivity contribution in [1.82, 2.24) is 10.2 Å². The van der Waals surface area contributed by atoms with Gasteiger partial charge in [0, 0.05) is 11.3 Å². The van der Waals surface area contributed by atoms with Crippen molar-refractivity contribution in [3.8, 4) is 11.5 Å². The van der Waals surface area contributed by atoms with E-state index in [0.29, 0.717) is 5.69 Å². The van der Waals surface area contributed by atoms with Crippen LogP contribution in [0.15, 0.2) is 27.4 Å². The highest BCUT2D eigenvalue weighted by atomic mass is 16.4. The highest BCUT2D eigenvalue weighted by Crippen LogP contribution is 2.21. The normalized spacial score (nSPS) is 10.4. The van der Waals surface area contributed by atoms with Gasteiger partial charge in [0.1, 0.15) is 0 Å². The lowest BCUT2D eigenvalue weighted by Gasteiger charge is -2.00. The van der Waals surface area contributed by atoms with Gasteiger partial charge in [-0.1, -0.05) is 0 Å². The summed E-state index contributed by atoms with van der Waals surface area (Å²) in [6, 6.07) is 5.30. The van der Waals surface area contributed by atoms with Crippen LogP contribution < -0.4 is 11.5 Å². The van der Waals surface area contributed by atoms with Gasteiger partial charge in [0.2, 0.25) is 5.89 Å². The molecule has 72 valence electrons. The minimum absolute atomic E-state index is 0.285. The standard InChI is InChI=1S/C9H9N3O2/c1-5-4-6(10)2-3-7(5)8-11-12-9(13)14-8/h2-4H,10H2,1H3,(H,12,13). The number of hydrogen-bond acceptors (Lipinski definition) is 4. The van der Waals surface area contributed by atoms with Gasteiger partial charge in [-0.25, -0.2) is 9.89 Å². The first-order valence-corrected chi connectivity index (χ1v) is 4.09. The molecule has 0 fully saturated rings. The molecule has 0 radical (unpaired) electrons. The van der Waals surface area contributed by atoms with Crippen molar-refractivity contribution in [3.05, 3.63) is 34.3 Å². The van der Waals surface area contributed by atoms with Crippen molar-refractivity contribution < 1.29 is 4.42 Å². The topological polar surface area (TPSA) is 84.9 Å². The van der Waals surface area contributed by atoms with Crippen molar-refractivity contribution in [2.24, 2.45) is 0 Å². The molecular weight excluding hydrogens is 182 g/mol. The number of hydrogen-bond donors (Lipinski definition) is 2. The van der Waals surface area contributed by atoms with E-state index < -0.39 is 5.76 Å². The molecule has 0 aliphatic carbocycles. The highest BCUT2D eigenvalue weighted by molar-refractivity contribution is 5.61. The monoisotopic (exact) mass is 191 g/mol. The summed E-state index contributed by atoms with van der Waals surface area (Å²) in [6.45, 7) is 1.88. The summed E-state index contributed by atoms with van der Waals surface area (Å²) in [7, 11) is 0. The van der Waals surface area contributed by atoms with E-state index in [-0.39, 0.29) is 5.89 Å². The van der Waals surface area contributed by atoms with Crippen LogP contribution in [0.1, 0.15) is 5.56 Å². The number of nitrogens with two attached hydrogens (primary N) is 1. The summed E-state index contributed by atoms with van der Waals surface area (Å²) in [5, 5.41) is 5.94. The number of aromatic nitrogens is 2. The average molecular weight is 191 g/mol. The Morgan fingerprint density at radius 2 is 2.29 bits per heavy atom. The molecule has 1 heterocycles. The summed E-state index contributed by atoms with van der Waals surface area (Å²) >= 11 is 0. The van der Waals surface area contributed by atoms with Crippen LogP contribution in [0.3, 0.4) is 0 Å². The maximum absolute atomic E-state index is 10.7. The second-order valence-electron chi connectivity index (χ2n) is 2.99. The molecule has 0 amide bonds. The number of anilines is 1. The van der Waals surface area contributed by atoms with Gasteiger partial charge in [-0.2, -0.15) is 0 Å². The van der Waals surface area contributed by atoms with Crippen molar-refractivity contribution in [1.29, 1.82) is 0 Å². The van der Waals surface area contributed by atoms with E-state index in [0.717, 1.165) is 11.1 Å². The van der Waals surface area contributed by atoms with Crippen LogP contribution in [0.4, 0.5) is 5.69 Å². The number of aromatic amines is 1. The second kappa shape index (κ2) is 3.02. The number of nitrogens with zero attached hydrogens (tertiary/aromatic N) is 1. The van der Waals surface area contributed by atoms with E-state index in [2.05, 4.69) is 10.2 Å². The van der Waals surface area contributed by atoms with Crippen molar-refractivity contribution in [3.63, 3.8) is 0 Å². The molecule has 14 heavy (non-hydrogen) atoms. The third-order valence-electron chi connectivity index (χ3n) is 1.92. The second-order valence-corrected chi connectivity index (χ2v) is 2.99. The molecular formula is C9H9N3O2. The summed E-state index contributed by atoms with van der Waals surface area (Å²) in [5.74, 6) is -0.274. The zero-order valence-corrected chi connectivity index (χ0v) is 7.57. The summed E-state index contributed by atoms with van der Waals surface area (Å²) in [6.07, 6.45) is 0. The van der Waals surface area contributed by atoms with Crippen LogP contribution in [-0.2, 0) is 0 Å². The van der Waals surface area contributed by atoms with Crippen molar-refractivity contribution in [2.75, 3.05) is 5.73 Å². The van der Waals surface area contributed by atoms with Gasteiger partial charge in [0.05, 0.1) is 0 Å². The van der Waals surface area contributed by atoms with Crippen molar-refractivity contribution in [2.45, 2.75) is 6.92 Å². The lowest BCUT2D eigenvalue weighted by atomic mass is 10.1. The van der Waals surface area contributed by atoms with Gasteiger partial charge in [-0.15, -0.1) is 5.10 Å². The van der Waals surface area contributed by atoms with Crippen LogP contribution >= 0.6 is 0 Å². The summed E-state index contributed by atoms with van der Waals surface area (Å²) in [4.78, 5) is 10.7. The number of benzene rings is 1. The zero-order valence-electron chi connectivity index (χ0n) is 7.57. The van der Waals surface area contributed by atoms with E-state index >= 15 is 0 Å². The smallest absolute Gasteiger partial charge is 0.399 e. The molecule has 3 N–H and O–H groups in total. The molecule has 0 aliphatic heterocycles. The molecule has 0 saturated heterocycles. The lowest BCUT2D eigenvalue weighted by molar-refractivity contribution is 0.526. The molecule has 0 aliphatic rings. The molecule has 5 heteroatoms.